The molecule has 8 aliphatic carbocycles. The van der Waals surface area contributed by atoms with Crippen LogP contribution in [0.5, 0.6) is 0 Å². The molecule has 0 unspecified atom stereocenters. The fraction of sp³-hybridized carbons (Fsp3) is 0.800. The van der Waals surface area contributed by atoms with Crippen molar-refractivity contribution in [2.45, 2.75) is 78.1 Å². The fourth-order valence-corrected chi connectivity index (χ4v) is 11.0. The van der Waals surface area contributed by atoms with Gasteiger partial charge in [0.25, 0.3) is 0 Å². The minimum atomic E-state index is -1.09. The van der Waals surface area contributed by atoms with Crippen molar-refractivity contribution in [1.82, 2.24) is 0 Å². The molecule has 192 valence electrons. The SMILES string of the molecule is C=C(COCC(C(=O)O)=C(C1(C)C2CC3CC(C2)CC1C3)C1(C)C2CC3CC(C2)CC1C3)C(=O)O. The second-order valence-electron chi connectivity index (χ2n) is 13.7. The van der Waals surface area contributed by atoms with Crippen molar-refractivity contribution in [3.8, 4) is 0 Å². The monoisotopic (exact) mass is 482 g/mol. The van der Waals surface area contributed by atoms with Gasteiger partial charge in [-0.15, -0.1) is 0 Å². The second kappa shape index (κ2) is 8.19. The van der Waals surface area contributed by atoms with Crippen LogP contribution in [0.1, 0.15) is 78.1 Å². The largest absolute Gasteiger partial charge is 0.478 e. The molecule has 8 bridgehead atoms. The zero-order valence-corrected chi connectivity index (χ0v) is 21.4. The molecule has 0 aromatic heterocycles. The highest BCUT2D eigenvalue weighted by molar-refractivity contribution is 5.89. The molecule has 0 amide bonds. The number of aliphatic carboxylic acids is 2. The van der Waals surface area contributed by atoms with Crippen molar-refractivity contribution in [2.24, 2.45) is 58.2 Å². The Morgan fingerprint density at radius 2 is 1.06 bits per heavy atom. The van der Waals surface area contributed by atoms with Crippen molar-refractivity contribution >= 4 is 11.9 Å². The fourth-order valence-electron chi connectivity index (χ4n) is 11.0. The first-order valence-electron chi connectivity index (χ1n) is 14.1. The lowest BCUT2D eigenvalue weighted by molar-refractivity contribution is -0.138. The average molecular weight is 483 g/mol. The lowest BCUT2D eigenvalue weighted by Crippen LogP contribution is -2.60. The maximum atomic E-state index is 13.0. The maximum absolute atomic E-state index is 13.0. The molecule has 8 aliphatic rings. The van der Waals surface area contributed by atoms with E-state index in [2.05, 4.69) is 20.4 Å². The Bertz CT molecular complexity index is 867. The van der Waals surface area contributed by atoms with Crippen molar-refractivity contribution < 1.29 is 24.5 Å². The number of ether oxygens (including phenoxy) is 1. The van der Waals surface area contributed by atoms with E-state index in [-0.39, 0.29) is 29.6 Å². The van der Waals surface area contributed by atoms with E-state index in [4.69, 9.17) is 4.74 Å². The molecule has 0 radical (unpaired) electrons. The van der Waals surface area contributed by atoms with Crippen LogP contribution < -0.4 is 0 Å². The molecule has 8 saturated carbocycles. The molecule has 0 atom stereocenters. The van der Waals surface area contributed by atoms with Gasteiger partial charge in [0.1, 0.15) is 0 Å². The number of hydrogen-bond acceptors (Lipinski definition) is 3. The molecule has 8 fully saturated rings. The summed E-state index contributed by atoms with van der Waals surface area (Å²) in [5.74, 6) is 3.57. The van der Waals surface area contributed by atoms with Gasteiger partial charge in [0.15, 0.2) is 0 Å². The van der Waals surface area contributed by atoms with Gasteiger partial charge in [0.05, 0.1) is 24.4 Å². The zero-order valence-electron chi connectivity index (χ0n) is 21.4. The third kappa shape index (κ3) is 3.50. The van der Waals surface area contributed by atoms with Crippen LogP contribution in [-0.2, 0) is 14.3 Å². The highest BCUT2D eigenvalue weighted by Crippen LogP contribution is 2.73. The topological polar surface area (TPSA) is 83.8 Å². The van der Waals surface area contributed by atoms with Crippen LogP contribution >= 0.6 is 0 Å². The minimum absolute atomic E-state index is 0.0270. The molecule has 8 rings (SSSR count). The Morgan fingerprint density at radius 1 is 0.686 bits per heavy atom. The molecule has 0 saturated heterocycles. The Kier molecular flexibility index (Phi) is 5.56. The standard InChI is InChI=1S/C30H42O5/c1-16(27(31)32)14-35-15-25(28(33)34)26(29(2)21-6-17-4-18(8-21)9-22(29)7-17)30(3)23-10-19-5-20(12-23)13-24(30)11-19/h17-24H,1,4-15H2,2-3H3,(H,31,32)(H,33,34). The van der Waals surface area contributed by atoms with Crippen LogP contribution in [0, 0.1) is 58.2 Å². The third-order valence-electron chi connectivity index (χ3n) is 12.1. The number of carboxylic acids is 2. The summed E-state index contributed by atoms with van der Waals surface area (Å²) in [6, 6.07) is 0. The normalized spacial score (nSPS) is 46.6. The first-order chi connectivity index (χ1) is 16.6. The van der Waals surface area contributed by atoms with E-state index in [1.54, 1.807) is 0 Å². The van der Waals surface area contributed by atoms with E-state index in [9.17, 15) is 19.8 Å². The van der Waals surface area contributed by atoms with Crippen LogP contribution in [0.4, 0.5) is 0 Å². The smallest absolute Gasteiger partial charge is 0.333 e. The number of rotatable bonds is 8. The van der Waals surface area contributed by atoms with E-state index in [0.29, 0.717) is 29.2 Å². The number of allylic oxidation sites excluding steroid dienone is 1. The second-order valence-corrected chi connectivity index (χ2v) is 13.7. The van der Waals surface area contributed by atoms with Crippen LogP contribution in [-0.4, -0.2) is 35.4 Å². The van der Waals surface area contributed by atoms with E-state index >= 15 is 0 Å². The molecule has 35 heavy (non-hydrogen) atoms. The molecule has 0 aliphatic heterocycles. The van der Waals surface area contributed by atoms with E-state index in [0.717, 1.165) is 23.7 Å². The summed E-state index contributed by atoms with van der Waals surface area (Å²) in [6.45, 7) is 8.28. The van der Waals surface area contributed by atoms with Crippen LogP contribution in [0.25, 0.3) is 0 Å². The van der Waals surface area contributed by atoms with Gasteiger partial charge in [0.2, 0.25) is 0 Å². The Balaban J connectivity index is 1.46. The summed E-state index contributed by atoms with van der Waals surface area (Å²) < 4.78 is 5.82. The van der Waals surface area contributed by atoms with Gasteiger partial charge in [0, 0.05) is 0 Å². The third-order valence-corrected chi connectivity index (χ3v) is 12.1. The predicted octanol–water partition coefficient (Wildman–Crippen LogP) is 5.95. The molecular weight excluding hydrogens is 440 g/mol. The van der Waals surface area contributed by atoms with Crippen LogP contribution in [0.2, 0.25) is 0 Å². The Hall–Kier alpha value is -1.62. The van der Waals surface area contributed by atoms with Crippen molar-refractivity contribution in [2.75, 3.05) is 13.2 Å². The van der Waals surface area contributed by atoms with Gasteiger partial charge in [-0.05, 0) is 128 Å². The van der Waals surface area contributed by atoms with Crippen LogP contribution in [0.3, 0.4) is 0 Å². The Labute approximate surface area is 209 Å². The lowest BCUT2D eigenvalue weighted by atomic mass is 9.36. The molecule has 0 aromatic carbocycles. The van der Waals surface area contributed by atoms with Gasteiger partial charge in [-0.2, -0.15) is 0 Å². The van der Waals surface area contributed by atoms with Crippen molar-refractivity contribution in [3.63, 3.8) is 0 Å². The van der Waals surface area contributed by atoms with E-state index in [1.807, 2.05) is 0 Å². The molecule has 0 aromatic rings. The Morgan fingerprint density at radius 3 is 1.37 bits per heavy atom. The van der Waals surface area contributed by atoms with Crippen LogP contribution in [0.15, 0.2) is 23.3 Å². The number of hydrogen-bond donors (Lipinski definition) is 2. The molecule has 0 spiro atoms. The minimum Gasteiger partial charge on any atom is -0.478 e. The predicted molar refractivity (Wildman–Crippen MR) is 133 cm³/mol. The number of carbonyl (C=O) groups is 2. The zero-order chi connectivity index (χ0) is 24.7. The first-order valence-corrected chi connectivity index (χ1v) is 14.1. The summed E-state index contributed by atoms with van der Waals surface area (Å²) in [6.07, 6.45) is 12.7. The molecular formula is C30H42O5. The lowest BCUT2D eigenvalue weighted by Gasteiger charge is -2.68. The summed E-state index contributed by atoms with van der Waals surface area (Å²) in [4.78, 5) is 24.3. The van der Waals surface area contributed by atoms with Gasteiger partial charge in [-0.25, -0.2) is 9.59 Å². The summed E-state index contributed by atoms with van der Waals surface area (Å²) >= 11 is 0. The van der Waals surface area contributed by atoms with Crippen molar-refractivity contribution in [1.29, 1.82) is 0 Å². The van der Waals surface area contributed by atoms with E-state index < -0.39 is 11.9 Å². The van der Waals surface area contributed by atoms with Gasteiger partial charge >= 0.3 is 11.9 Å². The molecule has 2 N–H and O–H groups in total. The molecule has 5 heteroatoms. The summed E-state index contributed by atoms with van der Waals surface area (Å²) in [5, 5.41) is 19.9. The molecule has 0 heterocycles. The van der Waals surface area contributed by atoms with Gasteiger partial charge in [-0.1, -0.05) is 20.4 Å². The first kappa shape index (κ1) is 23.8. The molecule has 5 nitrogen and oxygen atoms in total. The van der Waals surface area contributed by atoms with E-state index in [1.165, 1.54) is 69.8 Å². The quantitative estimate of drug-likeness (QED) is 0.418. The van der Waals surface area contributed by atoms with Gasteiger partial charge < -0.3 is 14.9 Å². The highest BCUT2D eigenvalue weighted by Gasteiger charge is 2.64. The summed E-state index contributed by atoms with van der Waals surface area (Å²) in [5.41, 5.74) is 1.43. The average Bonchev–Trinajstić information content (AvgIpc) is 2.79. The number of carboxylic acid groups (broad SMARTS) is 2. The van der Waals surface area contributed by atoms with Crippen molar-refractivity contribution in [3.05, 3.63) is 23.3 Å². The maximum Gasteiger partial charge on any atom is 0.333 e. The summed E-state index contributed by atoms with van der Waals surface area (Å²) in [7, 11) is 0. The van der Waals surface area contributed by atoms with Gasteiger partial charge in [-0.3, -0.25) is 0 Å². The highest BCUT2D eigenvalue weighted by atomic mass is 16.5.